The average molecular weight is 245 g/mol. The highest BCUT2D eigenvalue weighted by atomic mass is 15.1. The van der Waals surface area contributed by atoms with E-state index >= 15 is 0 Å². The third kappa shape index (κ3) is 5.19. The lowest BCUT2D eigenvalue weighted by atomic mass is 10.1. The molecule has 1 saturated heterocycles. The van der Waals surface area contributed by atoms with Crippen molar-refractivity contribution in [1.29, 1.82) is 0 Å². The first-order chi connectivity index (χ1) is 8.95. The van der Waals surface area contributed by atoms with Gasteiger partial charge in [-0.15, -0.1) is 0 Å². The van der Waals surface area contributed by atoms with Gasteiger partial charge in [0.2, 0.25) is 0 Å². The lowest BCUT2D eigenvalue weighted by molar-refractivity contribution is 0.249. The quantitative estimate of drug-likeness (QED) is 0.743. The molecule has 0 atom stereocenters. The van der Waals surface area contributed by atoms with Crippen molar-refractivity contribution in [1.82, 2.24) is 10.2 Å². The zero-order chi connectivity index (χ0) is 12.5. The van der Waals surface area contributed by atoms with E-state index in [1.807, 2.05) is 0 Å². The molecule has 1 fully saturated rings. The fraction of sp³-hybridized carbons (Fsp3) is 0.562. The van der Waals surface area contributed by atoms with Gasteiger partial charge in [-0.05, 0) is 63.8 Å². The van der Waals surface area contributed by atoms with E-state index in [0.29, 0.717) is 0 Å². The van der Waals surface area contributed by atoms with Gasteiger partial charge in [-0.3, -0.25) is 0 Å². The molecule has 0 saturated carbocycles. The highest BCUT2D eigenvalue weighted by Crippen LogP contribution is 2.08. The minimum atomic E-state index is 1.000. The first kappa shape index (κ1) is 13.6. The van der Waals surface area contributed by atoms with Crippen LogP contribution in [-0.4, -0.2) is 31.1 Å². The highest BCUT2D eigenvalue weighted by Gasteiger charge is 2.08. The Hall–Kier alpha value is -0.860. The smallest absolute Gasteiger partial charge is 0.0205 e. The monoisotopic (exact) mass is 245 g/mol. The van der Waals surface area contributed by atoms with Crippen LogP contribution in [0.1, 0.15) is 31.2 Å². The number of rotatable bonds is 7. The lowest BCUT2D eigenvalue weighted by Gasteiger charge is -2.26. The Morgan fingerprint density at radius 1 is 1.00 bits per heavy atom. The molecule has 0 aliphatic carbocycles. The van der Waals surface area contributed by atoms with E-state index < -0.39 is 0 Å². The molecule has 1 radical (unpaired) electrons. The molecule has 1 aliphatic rings. The first-order valence-corrected chi connectivity index (χ1v) is 7.24. The molecule has 0 aromatic heterocycles. The van der Waals surface area contributed by atoms with Crippen LogP contribution in [0.3, 0.4) is 0 Å². The molecule has 0 bridgehead atoms. The van der Waals surface area contributed by atoms with Crippen molar-refractivity contribution >= 4 is 0 Å². The van der Waals surface area contributed by atoms with E-state index in [1.54, 1.807) is 0 Å². The van der Waals surface area contributed by atoms with Crippen LogP contribution in [0.4, 0.5) is 0 Å². The fourth-order valence-electron chi connectivity index (χ4n) is 2.44. The van der Waals surface area contributed by atoms with E-state index in [9.17, 15) is 0 Å². The van der Waals surface area contributed by atoms with Gasteiger partial charge in [0.15, 0.2) is 0 Å². The third-order valence-corrected chi connectivity index (χ3v) is 3.55. The second-order valence-corrected chi connectivity index (χ2v) is 5.08. The predicted octanol–water partition coefficient (Wildman–Crippen LogP) is 2.86. The van der Waals surface area contributed by atoms with Crippen LogP contribution in [0.25, 0.3) is 0 Å². The SMILES string of the molecule is [CH]1CCN(CCCCNCc2ccccc2)CC1. The third-order valence-electron chi connectivity index (χ3n) is 3.55. The molecule has 1 N–H and O–H groups in total. The maximum Gasteiger partial charge on any atom is 0.0205 e. The zero-order valence-electron chi connectivity index (χ0n) is 11.3. The maximum absolute atomic E-state index is 3.51. The summed E-state index contributed by atoms with van der Waals surface area (Å²) in [5, 5.41) is 3.51. The molecule has 99 valence electrons. The number of nitrogens with zero attached hydrogens (tertiary/aromatic N) is 1. The van der Waals surface area contributed by atoms with Crippen LogP contribution < -0.4 is 5.32 Å². The van der Waals surface area contributed by atoms with Crippen molar-refractivity contribution in [3.63, 3.8) is 0 Å². The summed E-state index contributed by atoms with van der Waals surface area (Å²) in [5.41, 5.74) is 1.38. The second-order valence-electron chi connectivity index (χ2n) is 5.08. The number of hydrogen-bond donors (Lipinski definition) is 1. The van der Waals surface area contributed by atoms with Gasteiger partial charge in [-0.25, -0.2) is 0 Å². The van der Waals surface area contributed by atoms with Crippen molar-refractivity contribution in [2.24, 2.45) is 0 Å². The molecule has 0 spiro atoms. The number of unbranched alkanes of at least 4 members (excludes halogenated alkanes) is 1. The topological polar surface area (TPSA) is 15.3 Å². The zero-order valence-corrected chi connectivity index (χ0v) is 11.3. The number of benzene rings is 1. The summed E-state index contributed by atoms with van der Waals surface area (Å²) in [6.45, 7) is 5.96. The Bertz CT molecular complexity index is 304. The normalized spacial score (nSPS) is 16.9. The van der Waals surface area contributed by atoms with Gasteiger partial charge in [0.25, 0.3) is 0 Å². The van der Waals surface area contributed by atoms with Crippen LogP contribution >= 0.6 is 0 Å². The van der Waals surface area contributed by atoms with Gasteiger partial charge in [0.05, 0.1) is 0 Å². The molecule has 2 rings (SSSR count). The van der Waals surface area contributed by atoms with E-state index in [2.05, 4.69) is 47.0 Å². The lowest BCUT2D eigenvalue weighted by Crippen LogP contribution is -2.31. The summed E-state index contributed by atoms with van der Waals surface area (Å²) in [6.07, 6.45) is 7.59. The van der Waals surface area contributed by atoms with Gasteiger partial charge in [0.1, 0.15) is 0 Å². The Morgan fingerprint density at radius 2 is 1.78 bits per heavy atom. The van der Waals surface area contributed by atoms with Crippen molar-refractivity contribution < 1.29 is 0 Å². The largest absolute Gasteiger partial charge is 0.313 e. The molecule has 0 unspecified atom stereocenters. The van der Waals surface area contributed by atoms with Gasteiger partial charge in [-0.2, -0.15) is 0 Å². The summed E-state index contributed by atoms with van der Waals surface area (Å²) >= 11 is 0. The van der Waals surface area contributed by atoms with Crippen molar-refractivity contribution in [2.75, 3.05) is 26.2 Å². The van der Waals surface area contributed by atoms with Crippen LogP contribution in [0.2, 0.25) is 0 Å². The molecule has 1 aromatic carbocycles. The van der Waals surface area contributed by atoms with Crippen molar-refractivity contribution in [2.45, 2.75) is 32.2 Å². The molecule has 1 aromatic rings. The molecular formula is C16H25N2. The minimum absolute atomic E-state index is 1.000. The molecule has 1 aliphatic heterocycles. The highest BCUT2D eigenvalue weighted by molar-refractivity contribution is 5.14. The maximum atomic E-state index is 3.51. The number of piperidine rings is 1. The molecule has 2 nitrogen and oxygen atoms in total. The van der Waals surface area contributed by atoms with Gasteiger partial charge < -0.3 is 10.2 Å². The minimum Gasteiger partial charge on any atom is -0.313 e. The number of hydrogen-bond acceptors (Lipinski definition) is 2. The molecular weight excluding hydrogens is 220 g/mol. The summed E-state index contributed by atoms with van der Waals surface area (Å²) in [5.74, 6) is 0. The standard InChI is InChI=1S/C16H25N2/c1-3-9-16(10-4-1)15-17-11-5-8-14-18-12-6-2-7-13-18/h1-4,9-10,17H,5-8,11-15H2. The van der Waals surface area contributed by atoms with Crippen LogP contribution in [-0.2, 0) is 6.54 Å². The Morgan fingerprint density at radius 3 is 2.56 bits per heavy atom. The summed E-state index contributed by atoms with van der Waals surface area (Å²) in [7, 11) is 0. The van der Waals surface area contributed by atoms with Crippen molar-refractivity contribution in [3.8, 4) is 0 Å². The van der Waals surface area contributed by atoms with E-state index in [0.717, 1.165) is 13.1 Å². The molecule has 0 amide bonds. The van der Waals surface area contributed by atoms with E-state index in [1.165, 1.54) is 50.9 Å². The number of nitrogens with one attached hydrogen (secondary N) is 1. The van der Waals surface area contributed by atoms with Crippen LogP contribution in [0, 0.1) is 6.42 Å². The summed E-state index contributed by atoms with van der Waals surface area (Å²) in [4.78, 5) is 2.59. The van der Waals surface area contributed by atoms with Gasteiger partial charge in [-0.1, -0.05) is 30.3 Å². The Labute approximate surface area is 111 Å². The van der Waals surface area contributed by atoms with E-state index in [-0.39, 0.29) is 0 Å². The number of likely N-dealkylation sites (tertiary alicyclic amines) is 1. The summed E-state index contributed by atoms with van der Waals surface area (Å²) < 4.78 is 0. The second kappa shape index (κ2) is 8.28. The van der Waals surface area contributed by atoms with E-state index in [4.69, 9.17) is 0 Å². The average Bonchev–Trinajstić information content (AvgIpc) is 2.45. The molecule has 1 heterocycles. The fourth-order valence-corrected chi connectivity index (χ4v) is 2.44. The van der Waals surface area contributed by atoms with Crippen molar-refractivity contribution in [3.05, 3.63) is 42.3 Å². The first-order valence-electron chi connectivity index (χ1n) is 7.24. The Kier molecular flexibility index (Phi) is 6.24. The van der Waals surface area contributed by atoms with Crippen LogP contribution in [0.5, 0.6) is 0 Å². The summed E-state index contributed by atoms with van der Waals surface area (Å²) in [6, 6.07) is 10.6. The van der Waals surface area contributed by atoms with Gasteiger partial charge >= 0.3 is 0 Å². The van der Waals surface area contributed by atoms with Crippen LogP contribution in [0.15, 0.2) is 30.3 Å². The Balaban J connectivity index is 1.46. The predicted molar refractivity (Wildman–Crippen MR) is 77.4 cm³/mol. The molecule has 18 heavy (non-hydrogen) atoms. The van der Waals surface area contributed by atoms with Gasteiger partial charge in [0, 0.05) is 6.54 Å². The molecule has 2 heteroatoms.